The summed E-state index contributed by atoms with van der Waals surface area (Å²) in [5.41, 5.74) is 9.92. The normalized spacial score (nSPS) is 10.5. The van der Waals surface area contributed by atoms with Crippen molar-refractivity contribution in [2.75, 3.05) is 17.6 Å². The fourth-order valence-electron chi connectivity index (χ4n) is 1.70. The summed E-state index contributed by atoms with van der Waals surface area (Å²) in [6.07, 6.45) is 0.449. The number of carbonyl (C=O) groups excluding carboxylic acids is 1. The third-order valence-electron chi connectivity index (χ3n) is 2.78. The molecule has 4 N–H and O–H groups in total. The van der Waals surface area contributed by atoms with Gasteiger partial charge in [-0.1, -0.05) is 0 Å². The van der Waals surface area contributed by atoms with Crippen LogP contribution in [0, 0.1) is 13.8 Å². The van der Waals surface area contributed by atoms with Gasteiger partial charge < -0.3 is 16.4 Å². The van der Waals surface area contributed by atoms with Crippen LogP contribution in [0.5, 0.6) is 0 Å². The minimum absolute atomic E-state index is 0.0555. The lowest BCUT2D eigenvalue weighted by Gasteiger charge is -2.13. The van der Waals surface area contributed by atoms with E-state index in [2.05, 4.69) is 10.6 Å². The van der Waals surface area contributed by atoms with E-state index in [1.807, 2.05) is 39.8 Å². The van der Waals surface area contributed by atoms with Crippen molar-refractivity contribution in [1.29, 1.82) is 0 Å². The summed E-state index contributed by atoms with van der Waals surface area (Å²) in [6, 6.07) is 4.15. The lowest BCUT2D eigenvalue weighted by Crippen LogP contribution is -2.31. The van der Waals surface area contributed by atoms with E-state index >= 15 is 0 Å². The van der Waals surface area contributed by atoms with Gasteiger partial charge in [0.05, 0.1) is 11.4 Å². The van der Waals surface area contributed by atoms with Crippen molar-refractivity contribution < 1.29 is 4.79 Å². The maximum Gasteiger partial charge on any atom is 0.221 e. The largest absolute Gasteiger partial charge is 0.397 e. The summed E-state index contributed by atoms with van der Waals surface area (Å²) in [7, 11) is 0. The molecule has 0 aromatic heterocycles. The molecule has 0 atom stereocenters. The maximum absolute atomic E-state index is 11.5. The van der Waals surface area contributed by atoms with Gasteiger partial charge in [-0.25, -0.2) is 0 Å². The van der Waals surface area contributed by atoms with Gasteiger partial charge in [0, 0.05) is 19.0 Å². The summed E-state index contributed by atoms with van der Waals surface area (Å²) in [5.74, 6) is 0.0555. The van der Waals surface area contributed by atoms with Gasteiger partial charge in [-0.2, -0.15) is 0 Å². The van der Waals surface area contributed by atoms with Crippen LogP contribution >= 0.6 is 0 Å². The Morgan fingerprint density at radius 2 is 1.89 bits per heavy atom. The van der Waals surface area contributed by atoms with Crippen molar-refractivity contribution in [3.8, 4) is 0 Å². The third kappa shape index (κ3) is 4.28. The van der Waals surface area contributed by atoms with Crippen molar-refractivity contribution in [1.82, 2.24) is 5.32 Å². The average molecular weight is 249 g/mol. The van der Waals surface area contributed by atoms with Crippen LogP contribution in [-0.4, -0.2) is 18.5 Å². The van der Waals surface area contributed by atoms with Crippen molar-refractivity contribution in [3.05, 3.63) is 23.3 Å². The predicted octanol–water partition coefficient (Wildman–Crippen LogP) is 2.21. The Balaban J connectivity index is 2.49. The standard InChI is InChI=1S/C14H23N3O/c1-9(2)17-14(18)5-6-16-13-8-11(4)10(3)7-12(13)15/h7-9,16H,5-6,15H2,1-4H3,(H,17,18). The Labute approximate surface area is 109 Å². The van der Waals surface area contributed by atoms with Crippen LogP contribution in [0.25, 0.3) is 0 Å². The van der Waals surface area contributed by atoms with Gasteiger partial charge in [0.25, 0.3) is 0 Å². The van der Waals surface area contributed by atoms with E-state index in [1.165, 1.54) is 11.1 Å². The number of nitrogens with one attached hydrogen (secondary N) is 2. The Kier molecular flexibility index (Phi) is 5.01. The van der Waals surface area contributed by atoms with Crippen molar-refractivity contribution in [2.45, 2.75) is 40.2 Å². The van der Waals surface area contributed by atoms with Gasteiger partial charge in [0.15, 0.2) is 0 Å². The molecular formula is C14H23N3O. The Bertz CT molecular complexity index is 427. The Morgan fingerprint density at radius 3 is 2.50 bits per heavy atom. The molecule has 18 heavy (non-hydrogen) atoms. The molecule has 4 nitrogen and oxygen atoms in total. The zero-order chi connectivity index (χ0) is 13.7. The highest BCUT2D eigenvalue weighted by Crippen LogP contribution is 2.22. The first-order valence-electron chi connectivity index (χ1n) is 6.30. The maximum atomic E-state index is 11.5. The van der Waals surface area contributed by atoms with Gasteiger partial charge in [0.1, 0.15) is 0 Å². The van der Waals surface area contributed by atoms with Crippen LogP contribution in [0.15, 0.2) is 12.1 Å². The number of aryl methyl sites for hydroxylation is 2. The molecule has 4 heteroatoms. The number of hydrogen-bond donors (Lipinski definition) is 3. The van der Waals surface area contributed by atoms with Gasteiger partial charge in [-0.15, -0.1) is 0 Å². The molecule has 0 heterocycles. The van der Waals surface area contributed by atoms with Gasteiger partial charge in [0.2, 0.25) is 5.91 Å². The predicted molar refractivity (Wildman–Crippen MR) is 76.7 cm³/mol. The summed E-state index contributed by atoms with van der Waals surface area (Å²) in [4.78, 5) is 11.5. The topological polar surface area (TPSA) is 67.1 Å². The van der Waals surface area contributed by atoms with Crippen molar-refractivity contribution in [2.24, 2.45) is 0 Å². The SMILES string of the molecule is Cc1cc(N)c(NCCC(=O)NC(C)C)cc1C. The highest BCUT2D eigenvalue weighted by Gasteiger charge is 2.05. The Hall–Kier alpha value is -1.71. The number of rotatable bonds is 5. The van der Waals surface area contributed by atoms with Crippen molar-refractivity contribution in [3.63, 3.8) is 0 Å². The van der Waals surface area contributed by atoms with E-state index in [0.717, 1.165) is 11.4 Å². The number of nitrogens with two attached hydrogens (primary N) is 1. The number of nitrogen functional groups attached to an aromatic ring is 1. The highest BCUT2D eigenvalue weighted by atomic mass is 16.1. The molecule has 0 unspecified atom stereocenters. The summed E-state index contributed by atoms with van der Waals surface area (Å²) in [6.45, 7) is 8.57. The molecule has 1 aromatic carbocycles. The monoisotopic (exact) mass is 249 g/mol. The lowest BCUT2D eigenvalue weighted by molar-refractivity contribution is -0.121. The number of carbonyl (C=O) groups is 1. The van der Waals surface area contributed by atoms with E-state index in [0.29, 0.717) is 13.0 Å². The first-order chi connectivity index (χ1) is 8.40. The fourth-order valence-corrected chi connectivity index (χ4v) is 1.70. The molecule has 0 spiro atoms. The molecule has 0 aliphatic carbocycles. The molecule has 0 saturated heterocycles. The third-order valence-corrected chi connectivity index (χ3v) is 2.78. The average Bonchev–Trinajstić information content (AvgIpc) is 2.24. The van der Waals surface area contributed by atoms with Crippen LogP contribution in [0.2, 0.25) is 0 Å². The summed E-state index contributed by atoms with van der Waals surface area (Å²) in [5, 5.41) is 6.05. The quantitative estimate of drug-likeness (QED) is 0.701. The zero-order valence-corrected chi connectivity index (χ0v) is 11.6. The molecular weight excluding hydrogens is 226 g/mol. The molecule has 1 amide bonds. The van der Waals surface area contributed by atoms with Gasteiger partial charge in [-0.05, 0) is 51.0 Å². The van der Waals surface area contributed by atoms with E-state index < -0.39 is 0 Å². The number of amides is 1. The first-order valence-corrected chi connectivity index (χ1v) is 6.30. The van der Waals surface area contributed by atoms with Gasteiger partial charge in [-0.3, -0.25) is 4.79 Å². The zero-order valence-electron chi connectivity index (χ0n) is 11.6. The molecule has 0 bridgehead atoms. The molecule has 0 saturated carbocycles. The summed E-state index contributed by atoms with van der Waals surface area (Å²) >= 11 is 0. The number of anilines is 2. The molecule has 0 radical (unpaired) electrons. The molecule has 1 aromatic rings. The second-order valence-electron chi connectivity index (χ2n) is 4.92. The summed E-state index contributed by atoms with van der Waals surface area (Å²) < 4.78 is 0. The molecule has 1 rings (SSSR count). The van der Waals surface area contributed by atoms with E-state index in [4.69, 9.17) is 5.73 Å². The van der Waals surface area contributed by atoms with Crippen LogP contribution in [0.3, 0.4) is 0 Å². The highest BCUT2D eigenvalue weighted by molar-refractivity contribution is 5.77. The lowest BCUT2D eigenvalue weighted by atomic mass is 10.1. The van der Waals surface area contributed by atoms with E-state index in [1.54, 1.807) is 0 Å². The number of hydrogen-bond acceptors (Lipinski definition) is 3. The van der Waals surface area contributed by atoms with Crippen LogP contribution < -0.4 is 16.4 Å². The fraction of sp³-hybridized carbons (Fsp3) is 0.500. The second kappa shape index (κ2) is 6.28. The first kappa shape index (κ1) is 14.4. The Morgan fingerprint density at radius 1 is 1.28 bits per heavy atom. The second-order valence-corrected chi connectivity index (χ2v) is 4.92. The van der Waals surface area contributed by atoms with E-state index in [-0.39, 0.29) is 11.9 Å². The van der Waals surface area contributed by atoms with Crippen LogP contribution in [0.4, 0.5) is 11.4 Å². The molecule has 0 aliphatic heterocycles. The van der Waals surface area contributed by atoms with Crippen molar-refractivity contribution >= 4 is 17.3 Å². The van der Waals surface area contributed by atoms with Crippen LogP contribution in [0.1, 0.15) is 31.4 Å². The molecule has 0 aliphatic rings. The minimum Gasteiger partial charge on any atom is -0.397 e. The van der Waals surface area contributed by atoms with Gasteiger partial charge >= 0.3 is 0 Å². The minimum atomic E-state index is 0.0555. The molecule has 0 fully saturated rings. The smallest absolute Gasteiger partial charge is 0.221 e. The van der Waals surface area contributed by atoms with E-state index in [9.17, 15) is 4.79 Å². The number of benzene rings is 1. The van der Waals surface area contributed by atoms with Crippen LogP contribution in [-0.2, 0) is 4.79 Å². The molecule has 100 valence electrons.